The van der Waals surface area contributed by atoms with Crippen molar-refractivity contribution < 1.29 is 9.90 Å². The first-order valence-corrected chi connectivity index (χ1v) is 5.05. The van der Waals surface area contributed by atoms with Gasteiger partial charge in [0.05, 0.1) is 6.07 Å². The molecule has 0 radical (unpaired) electrons. The van der Waals surface area contributed by atoms with E-state index in [1.165, 1.54) is 0 Å². The van der Waals surface area contributed by atoms with Crippen LogP contribution in [0, 0.1) is 16.7 Å². The van der Waals surface area contributed by atoms with E-state index >= 15 is 0 Å². The summed E-state index contributed by atoms with van der Waals surface area (Å²) in [5, 5.41) is 20.0. The van der Waals surface area contributed by atoms with Gasteiger partial charge in [0.25, 0.3) is 0 Å². The van der Waals surface area contributed by atoms with Gasteiger partial charge in [-0.25, -0.2) is 0 Å². The number of hydrogen-bond acceptors (Lipinski definition) is 3. The van der Waals surface area contributed by atoms with Crippen molar-refractivity contribution in [1.82, 2.24) is 5.32 Å². The molecule has 0 aliphatic heterocycles. The van der Waals surface area contributed by atoms with Gasteiger partial charge in [-0.3, -0.25) is 4.79 Å². The van der Waals surface area contributed by atoms with Gasteiger partial charge in [0.2, 0.25) is 5.91 Å². The topological polar surface area (TPSA) is 73.1 Å². The molecule has 1 aliphatic carbocycles. The monoisotopic (exact) mass is 196 g/mol. The van der Waals surface area contributed by atoms with Crippen LogP contribution in [0.25, 0.3) is 0 Å². The molecule has 0 aromatic carbocycles. The fraction of sp³-hybridized carbons (Fsp3) is 0.800. The highest BCUT2D eigenvalue weighted by Crippen LogP contribution is 2.44. The minimum atomic E-state index is -0.697. The molecule has 0 atom stereocenters. The zero-order chi connectivity index (χ0) is 10.4. The summed E-state index contributed by atoms with van der Waals surface area (Å²) in [6.07, 6.45) is 3.96. The third kappa shape index (κ3) is 2.71. The molecule has 4 nitrogen and oxygen atoms in total. The van der Waals surface area contributed by atoms with Crippen LogP contribution in [0.15, 0.2) is 0 Å². The minimum Gasteiger partial charge on any atom is -0.396 e. The van der Waals surface area contributed by atoms with Gasteiger partial charge in [-0.1, -0.05) is 0 Å². The van der Waals surface area contributed by atoms with Gasteiger partial charge in [0.1, 0.15) is 5.41 Å². The zero-order valence-corrected chi connectivity index (χ0v) is 8.25. The van der Waals surface area contributed by atoms with Crippen LogP contribution in [0.3, 0.4) is 0 Å². The Morgan fingerprint density at radius 2 is 2.14 bits per heavy atom. The fourth-order valence-electron chi connectivity index (χ4n) is 1.30. The zero-order valence-electron chi connectivity index (χ0n) is 8.25. The molecular weight excluding hydrogens is 180 g/mol. The van der Waals surface area contributed by atoms with Crippen molar-refractivity contribution in [3.8, 4) is 6.07 Å². The fourth-order valence-corrected chi connectivity index (χ4v) is 1.30. The highest BCUT2D eigenvalue weighted by molar-refractivity contribution is 5.88. The molecule has 0 aromatic rings. The Kier molecular flexibility index (Phi) is 3.90. The van der Waals surface area contributed by atoms with E-state index in [-0.39, 0.29) is 12.5 Å². The normalized spacial score (nSPS) is 17.1. The van der Waals surface area contributed by atoms with Crippen LogP contribution in [-0.4, -0.2) is 24.2 Å². The summed E-state index contributed by atoms with van der Waals surface area (Å²) in [7, 11) is 0. The van der Waals surface area contributed by atoms with Crippen molar-refractivity contribution in [2.45, 2.75) is 32.1 Å². The van der Waals surface area contributed by atoms with Crippen molar-refractivity contribution in [2.24, 2.45) is 5.41 Å². The van der Waals surface area contributed by atoms with E-state index in [1.807, 2.05) is 0 Å². The van der Waals surface area contributed by atoms with E-state index in [1.54, 1.807) is 0 Å². The molecular formula is C10H16N2O2. The minimum absolute atomic E-state index is 0.121. The third-order valence-corrected chi connectivity index (χ3v) is 2.52. The number of nitrogens with zero attached hydrogens (tertiary/aromatic N) is 1. The average Bonchev–Trinajstić information content (AvgIpc) is 2.98. The molecule has 0 bridgehead atoms. The summed E-state index contributed by atoms with van der Waals surface area (Å²) in [6, 6.07) is 2.05. The summed E-state index contributed by atoms with van der Waals surface area (Å²) in [6.45, 7) is 0.818. The van der Waals surface area contributed by atoms with Gasteiger partial charge in [0.15, 0.2) is 0 Å². The Morgan fingerprint density at radius 1 is 1.43 bits per heavy atom. The molecule has 1 amide bonds. The maximum absolute atomic E-state index is 11.4. The predicted molar refractivity (Wildman–Crippen MR) is 51.2 cm³/mol. The lowest BCUT2D eigenvalue weighted by molar-refractivity contribution is -0.124. The number of unbranched alkanes of at least 4 members (excludes halogenated alkanes) is 2. The van der Waals surface area contributed by atoms with Crippen molar-refractivity contribution in [3.05, 3.63) is 0 Å². The van der Waals surface area contributed by atoms with E-state index in [2.05, 4.69) is 11.4 Å². The van der Waals surface area contributed by atoms with Crippen molar-refractivity contribution >= 4 is 5.91 Å². The number of nitriles is 1. The van der Waals surface area contributed by atoms with Gasteiger partial charge < -0.3 is 10.4 Å². The Morgan fingerprint density at radius 3 is 2.64 bits per heavy atom. The maximum atomic E-state index is 11.4. The van der Waals surface area contributed by atoms with Gasteiger partial charge in [-0.2, -0.15) is 5.26 Å². The van der Waals surface area contributed by atoms with Crippen LogP contribution < -0.4 is 5.32 Å². The molecule has 1 rings (SSSR count). The first-order chi connectivity index (χ1) is 6.75. The number of aliphatic hydroxyl groups is 1. The molecule has 14 heavy (non-hydrogen) atoms. The van der Waals surface area contributed by atoms with E-state index in [0.29, 0.717) is 19.4 Å². The van der Waals surface area contributed by atoms with Crippen LogP contribution in [0.5, 0.6) is 0 Å². The maximum Gasteiger partial charge on any atom is 0.240 e. The van der Waals surface area contributed by atoms with Crippen molar-refractivity contribution in [1.29, 1.82) is 5.26 Å². The van der Waals surface area contributed by atoms with Gasteiger partial charge in [-0.05, 0) is 32.1 Å². The number of carbonyl (C=O) groups is 1. The van der Waals surface area contributed by atoms with Crippen LogP contribution in [0.2, 0.25) is 0 Å². The van der Waals surface area contributed by atoms with E-state index in [4.69, 9.17) is 10.4 Å². The lowest BCUT2D eigenvalue weighted by atomic mass is 10.1. The predicted octanol–water partition coefficient (Wildman–Crippen LogP) is 0.569. The SMILES string of the molecule is N#CC1(C(=O)NCCCCCO)CC1. The lowest BCUT2D eigenvalue weighted by Crippen LogP contribution is -2.31. The summed E-state index contributed by atoms with van der Waals surface area (Å²) in [5.74, 6) is -0.121. The first kappa shape index (κ1) is 11.0. The second-order valence-corrected chi connectivity index (χ2v) is 3.73. The molecule has 1 aliphatic rings. The quantitative estimate of drug-likeness (QED) is 0.610. The van der Waals surface area contributed by atoms with E-state index in [0.717, 1.165) is 19.3 Å². The molecule has 1 fully saturated rings. The molecule has 0 spiro atoms. The number of rotatable bonds is 6. The molecule has 0 heterocycles. The van der Waals surface area contributed by atoms with Crippen molar-refractivity contribution in [2.75, 3.05) is 13.2 Å². The lowest BCUT2D eigenvalue weighted by Gasteiger charge is -2.07. The van der Waals surface area contributed by atoms with Gasteiger partial charge in [-0.15, -0.1) is 0 Å². The van der Waals surface area contributed by atoms with Gasteiger partial charge in [0, 0.05) is 13.2 Å². The molecule has 2 N–H and O–H groups in total. The number of nitrogens with one attached hydrogen (secondary N) is 1. The average molecular weight is 196 g/mol. The third-order valence-electron chi connectivity index (χ3n) is 2.52. The number of carbonyl (C=O) groups excluding carboxylic acids is 1. The van der Waals surface area contributed by atoms with Gasteiger partial charge >= 0.3 is 0 Å². The summed E-state index contributed by atoms with van der Waals surface area (Å²) >= 11 is 0. The Hall–Kier alpha value is -1.08. The Labute approximate surface area is 83.9 Å². The summed E-state index contributed by atoms with van der Waals surface area (Å²) in [4.78, 5) is 11.4. The molecule has 0 unspecified atom stereocenters. The largest absolute Gasteiger partial charge is 0.396 e. The van der Waals surface area contributed by atoms with E-state index < -0.39 is 5.41 Å². The standard InChI is InChI=1S/C10H16N2O2/c11-8-10(4-5-10)9(14)12-6-2-1-3-7-13/h13H,1-7H2,(H,12,14). The number of aliphatic hydroxyl groups excluding tert-OH is 1. The molecule has 78 valence electrons. The molecule has 0 aromatic heterocycles. The smallest absolute Gasteiger partial charge is 0.240 e. The number of amides is 1. The van der Waals surface area contributed by atoms with Crippen molar-refractivity contribution in [3.63, 3.8) is 0 Å². The molecule has 4 heteroatoms. The highest BCUT2D eigenvalue weighted by Gasteiger charge is 2.50. The molecule has 0 saturated heterocycles. The van der Waals surface area contributed by atoms with E-state index in [9.17, 15) is 4.79 Å². The van der Waals surface area contributed by atoms with Crippen LogP contribution in [0.4, 0.5) is 0 Å². The summed E-state index contributed by atoms with van der Waals surface area (Å²) in [5.41, 5.74) is -0.697. The Bertz CT molecular complexity index is 241. The first-order valence-electron chi connectivity index (χ1n) is 5.05. The van der Waals surface area contributed by atoms with Crippen LogP contribution >= 0.6 is 0 Å². The number of hydrogen-bond donors (Lipinski definition) is 2. The Balaban J connectivity index is 2.08. The molecule has 1 saturated carbocycles. The highest BCUT2D eigenvalue weighted by atomic mass is 16.2. The second-order valence-electron chi connectivity index (χ2n) is 3.73. The van der Waals surface area contributed by atoms with Crippen LogP contribution in [0.1, 0.15) is 32.1 Å². The second kappa shape index (κ2) is 4.97. The van der Waals surface area contributed by atoms with Crippen LogP contribution in [-0.2, 0) is 4.79 Å². The summed E-state index contributed by atoms with van der Waals surface area (Å²) < 4.78 is 0.